The van der Waals surface area contributed by atoms with E-state index in [0.29, 0.717) is 0 Å². The molecule has 0 aliphatic heterocycles. The van der Waals surface area contributed by atoms with Gasteiger partial charge in [-0.15, -0.1) is 0 Å². The molecule has 2 N–H and O–H groups in total. The fraction of sp³-hybridized carbons (Fsp3) is 1.00. The highest BCUT2D eigenvalue weighted by molar-refractivity contribution is 5.01. The van der Waals surface area contributed by atoms with Crippen LogP contribution in [0, 0.1) is 0 Å². The summed E-state index contributed by atoms with van der Waals surface area (Å²) in [6.07, 6.45) is -4.39. The lowest BCUT2D eigenvalue weighted by atomic mass is 9.84. The summed E-state index contributed by atoms with van der Waals surface area (Å²) in [4.78, 5) is 0. The van der Waals surface area contributed by atoms with Gasteiger partial charge < -0.3 is 29.2 Å². The van der Waals surface area contributed by atoms with Gasteiger partial charge in [-0.05, 0) is 0 Å². The third-order valence-corrected chi connectivity index (χ3v) is 3.08. The number of aliphatic hydroxyl groups excluding tert-OH is 2. The molecule has 0 bridgehead atoms. The molecule has 16 heavy (non-hydrogen) atoms. The molecule has 0 aromatic heterocycles. The summed E-state index contributed by atoms with van der Waals surface area (Å²) in [6.45, 7) is 0. The minimum atomic E-state index is -0.957. The number of ether oxygens (including phenoxy) is 4. The first-order valence-electron chi connectivity index (χ1n) is 5.09. The summed E-state index contributed by atoms with van der Waals surface area (Å²) in [7, 11) is 5.84. The van der Waals surface area contributed by atoms with E-state index in [0.717, 1.165) is 0 Å². The smallest absolute Gasteiger partial charge is 0.115 e. The minimum absolute atomic E-state index is 0.536. The molecular formula is C10H20O6. The molecule has 0 aromatic rings. The standard InChI is InChI=1S/C10H20O6/c1-13-7-5(11)8(14-2)10(16-4)9(15-3)6(7)12/h5-12H,1-4H3/t5-,6-,7?,8-,9+,10?/m1/s1. The Labute approximate surface area is 95.1 Å². The van der Waals surface area contributed by atoms with Crippen LogP contribution in [0.2, 0.25) is 0 Å². The van der Waals surface area contributed by atoms with Gasteiger partial charge in [0.15, 0.2) is 0 Å². The molecule has 1 aliphatic carbocycles. The lowest BCUT2D eigenvalue weighted by Gasteiger charge is -2.45. The molecule has 0 saturated heterocycles. The van der Waals surface area contributed by atoms with Crippen LogP contribution in [0.15, 0.2) is 0 Å². The van der Waals surface area contributed by atoms with Crippen LogP contribution in [0.3, 0.4) is 0 Å². The Morgan fingerprint density at radius 3 is 1.12 bits per heavy atom. The second-order valence-electron chi connectivity index (χ2n) is 3.78. The van der Waals surface area contributed by atoms with E-state index in [1.54, 1.807) is 0 Å². The summed E-state index contributed by atoms with van der Waals surface area (Å²) >= 11 is 0. The van der Waals surface area contributed by atoms with Crippen LogP contribution in [0.4, 0.5) is 0 Å². The van der Waals surface area contributed by atoms with Gasteiger partial charge in [0.25, 0.3) is 0 Å². The van der Waals surface area contributed by atoms with Gasteiger partial charge in [0.2, 0.25) is 0 Å². The number of rotatable bonds is 4. The van der Waals surface area contributed by atoms with E-state index < -0.39 is 36.6 Å². The number of hydrogen-bond donors (Lipinski definition) is 2. The van der Waals surface area contributed by atoms with Crippen LogP contribution in [0.25, 0.3) is 0 Å². The molecule has 1 fully saturated rings. The van der Waals surface area contributed by atoms with E-state index in [-0.39, 0.29) is 0 Å². The average Bonchev–Trinajstić information content (AvgIpc) is 2.29. The van der Waals surface area contributed by atoms with E-state index >= 15 is 0 Å². The quantitative estimate of drug-likeness (QED) is 0.637. The van der Waals surface area contributed by atoms with Gasteiger partial charge in [0.05, 0.1) is 0 Å². The highest BCUT2D eigenvalue weighted by Crippen LogP contribution is 2.28. The van der Waals surface area contributed by atoms with E-state index in [1.165, 1.54) is 28.4 Å². The maximum Gasteiger partial charge on any atom is 0.115 e. The Hall–Kier alpha value is -0.240. The Morgan fingerprint density at radius 2 is 0.875 bits per heavy atom. The van der Waals surface area contributed by atoms with Crippen molar-refractivity contribution in [2.45, 2.75) is 36.6 Å². The maximum atomic E-state index is 9.97. The predicted molar refractivity (Wildman–Crippen MR) is 55.2 cm³/mol. The summed E-state index contributed by atoms with van der Waals surface area (Å²) in [5, 5.41) is 19.9. The Kier molecular flexibility index (Phi) is 5.10. The zero-order valence-electron chi connectivity index (χ0n) is 9.99. The van der Waals surface area contributed by atoms with Crippen molar-refractivity contribution in [2.24, 2.45) is 0 Å². The monoisotopic (exact) mass is 236 g/mol. The number of hydrogen-bond acceptors (Lipinski definition) is 6. The highest BCUT2D eigenvalue weighted by Gasteiger charge is 2.51. The third kappa shape index (κ3) is 2.22. The molecule has 96 valence electrons. The molecule has 1 aliphatic rings. The zero-order chi connectivity index (χ0) is 12.3. The van der Waals surface area contributed by atoms with E-state index in [1.807, 2.05) is 0 Å². The number of aliphatic hydroxyl groups is 2. The fourth-order valence-electron chi connectivity index (χ4n) is 2.25. The summed E-state index contributed by atoms with van der Waals surface area (Å²) in [5.41, 5.74) is 0. The molecule has 2 unspecified atom stereocenters. The van der Waals surface area contributed by atoms with Crippen molar-refractivity contribution < 1.29 is 29.2 Å². The molecule has 0 radical (unpaired) electrons. The molecule has 0 spiro atoms. The van der Waals surface area contributed by atoms with E-state index in [2.05, 4.69) is 0 Å². The molecular weight excluding hydrogens is 216 g/mol. The molecule has 0 aromatic carbocycles. The van der Waals surface area contributed by atoms with Crippen molar-refractivity contribution >= 4 is 0 Å². The van der Waals surface area contributed by atoms with Crippen molar-refractivity contribution in [3.8, 4) is 0 Å². The lowest BCUT2D eigenvalue weighted by molar-refractivity contribution is -0.246. The highest BCUT2D eigenvalue weighted by atomic mass is 16.6. The van der Waals surface area contributed by atoms with Crippen molar-refractivity contribution in [2.75, 3.05) is 28.4 Å². The minimum Gasteiger partial charge on any atom is -0.387 e. The first-order chi connectivity index (χ1) is 7.62. The number of methoxy groups -OCH3 is 4. The molecule has 6 nitrogen and oxygen atoms in total. The van der Waals surface area contributed by atoms with Crippen molar-refractivity contribution in [1.82, 2.24) is 0 Å². The first kappa shape index (κ1) is 13.8. The average molecular weight is 236 g/mol. The fourth-order valence-corrected chi connectivity index (χ4v) is 2.25. The van der Waals surface area contributed by atoms with Crippen molar-refractivity contribution in [3.63, 3.8) is 0 Å². The van der Waals surface area contributed by atoms with Crippen molar-refractivity contribution in [1.29, 1.82) is 0 Å². The van der Waals surface area contributed by atoms with Crippen molar-refractivity contribution in [3.05, 3.63) is 0 Å². The second-order valence-corrected chi connectivity index (χ2v) is 3.78. The zero-order valence-corrected chi connectivity index (χ0v) is 9.99. The summed E-state index contributed by atoms with van der Waals surface area (Å²) in [5.74, 6) is 0. The summed E-state index contributed by atoms with van der Waals surface area (Å²) < 4.78 is 20.6. The largest absolute Gasteiger partial charge is 0.387 e. The molecule has 1 rings (SSSR count). The van der Waals surface area contributed by atoms with Crippen LogP contribution in [-0.4, -0.2) is 75.3 Å². The molecule has 6 atom stereocenters. The third-order valence-electron chi connectivity index (χ3n) is 3.08. The Morgan fingerprint density at radius 1 is 0.562 bits per heavy atom. The molecule has 0 heterocycles. The first-order valence-corrected chi connectivity index (χ1v) is 5.09. The van der Waals surface area contributed by atoms with E-state index in [9.17, 15) is 10.2 Å². The van der Waals surface area contributed by atoms with Gasteiger partial charge in [-0.1, -0.05) is 0 Å². The van der Waals surface area contributed by atoms with Gasteiger partial charge in [0, 0.05) is 28.4 Å². The molecule has 6 heteroatoms. The topological polar surface area (TPSA) is 77.4 Å². The van der Waals surface area contributed by atoms with Crippen LogP contribution < -0.4 is 0 Å². The predicted octanol–water partition coefficient (Wildman–Crippen LogP) is -1.22. The SMILES string of the molecule is COC1[C@@H](O)[C@H](OC)C(OC)[C@H](OC)[C@@H]1O. The Bertz CT molecular complexity index is 193. The van der Waals surface area contributed by atoms with Gasteiger partial charge in [0.1, 0.15) is 36.6 Å². The Balaban J connectivity index is 2.93. The van der Waals surface area contributed by atoms with Gasteiger partial charge >= 0.3 is 0 Å². The molecule has 0 amide bonds. The summed E-state index contributed by atoms with van der Waals surface area (Å²) in [6, 6.07) is 0. The normalized spacial score (nSPS) is 44.6. The van der Waals surface area contributed by atoms with Gasteiger partial charge in [-0.3, -0.25) is 0 Å². The van der Waals surface area contributed by atoms with Gasteiger partial charge in [-0.25, -0.2) is 0 Å². The van der Waals surface area contributed by atoms with Crippen LogP contribution >= 0.6 is 0 Å². The van der Waals surface area contributed by atoms with E-state index in [4.69, 9.17) is 18.9 Å². The van der Waals surface area contributed by atoms with Gasteiger partial charge in [-0.2, -0.15) is 0 Å². The maximum absolute atomic E-state index is 9.97. The van der Waals surface area contributed by atoms with Crippen LogP contribution in [0.5, 0.6) is 0 Å². The second kappa shape index (κ2) is 5.90. The van der Waals surface area contributed by atoms with Crippen LogP contribution in [-0.2, 0) is 18.9 Å². The lowest BCUT2D eigenvalue weighted by Crippen LogP contribution is -2.65. The van der Waals surface area contributed by atoms with Crippen LogP contribution in [0.1, 0.15) is 0 Å². The molecule has 1 saturated carbocycles.